The predicted octanol–water partition coefficient (Wildman–Crippen LogP) is 15.1. The van der Waals surface area contributed by atoms with Gasteiger partial charge in [-0.15, -0.1) is 11.3 Å². The fraction of sp³-hybridized carbons (Fsp3) is 0. The molecule has 0 radical (unpaired) electrons. The van der Waals surface area contributed by atoms with Crippen LogP contribution < -0.4 is 4.90 Å². The second-order valence-corrected chi connectivity index (χ2v) is 15.9. The molecule has 0 aliphatic carbocycles. The molecule has 2 heterocycles. The van der Waals surface area contributed by atoms with Crippen LogP contribution in [0, 0.1) is 11.3 Å². The Bertz CT molecular complexity index is 3570. The molecule has 0 aliphatic rings. The Balaban J connectivity index is 1.02. The summed E-state index contributed by atoms with van der Waals surface area (Å²) in [4.78, 5) is 2.29. The number of para-hydroxylation sites is 2. The van der Waals surface area contributed by atoms with Crippen LogP contribution in [-0.4, -0.2) is 4.57 Å². The van der Waals surface area contributed by atoms with Crippen molar-refractivity contribution in [1.82, 2.24) is 4.57 Å². The quantitative estimate of drug-likeness (QED) is 0.165. The van der Waals surface area contributed by atoms with Gasteiger partial charge in [-0.1, -0.05) is 109 Å². The van der Waals surface area contributed by atoms with Crippen molar-refractivity contribution in [3.05, 3.63) is 194 Å². The molecule has 0 atom stereocenters. The Labute approximate surface area is 332 Å². The van der Waals surface area contributed by atoms with Crippen molar-refractivity contribution < 1.29 is 0 Å². The monoisotopic (exact) mass is 741 g/mol. The SMILES string of the molecule is N#Cc1ccc(N(c2ccc(-c3ccc4ccc5cc6c(c7ccc3c4c57)c3ccccc3n6-c3ccccc3)cc2)c2ccc3c(c2)sc2ccccc23)cc1. The summed E-state index contributed by atoms with van der Waals surface area (Å²) in [7, 11) is 0. The number of thiophene rings is 1. The van der Waals surface area contributed by atoms with Gasteiger partial charge in [-0.05, 0) is 122 Å². The van der Waals surface area contributed by atoms with E-state index in [1.807, 2.05) is 35.6 Å². The van der Waals surface area contributed by atoms with Gasteiger partial charge < -0.3 is 9.47 Å². The standard InChI is InChI=1S/C53H31N3S/c54-32-33-14-21-38(22-15-33)55(40-25-27-43-42-10-5-7-13-49(42)57-50(43)31-40)39-23-18-34(19-24-39)41-26-20-35-16-17-36-30-48-53(46-29-28-44(41)51(35)52(36)46)45-11-4-6-12-47(45)56(48)37-8-2-1-3-9-37/h1-31H. The molecule has 10 aromatic carbocycles. The molecule has 0 unspecified atom stereocenters. The van der Waals surface area contributed by atoms with Crippen molar-refractivity contribution in [2.24, 2.45) is 0 Å². The second-order valence-electron chi connectivity index (χ2n) is 14.8. The molecule has 57 heavy (non-hydrogen) atoms. The topological polar surface area (TPSA) is 32.0 Å². The van der Waals surface area contributed by atoms with Gasteiger partial charge in [-0.3, -0.25) is 0 Å². The molecule has 0 spiro atoms. The number of nitriles is 1. The molecule has 0 bridgehead atoms. The smallest absolute Gasteiger partial charge is 0.0991 e. The third-order valence-corrected chi connectivity index (χ3v) is 12.9. The maximum atomic E-state index is 9.56. The Kier molecular flexibility index (Phi) is 6.86. The van der Waals surface area contributed by atoms with Crippen LogP contribution in [0.4, 0.5) is 17.1 Å². The lowest BCUT2D eigenvalue weighted by Gasteiger charge is -2.26. The van der Waals surface area contributed by atoms with Gasteiger partial charge in [-0.2, -0.15) is 5.26 Å². The van der Waals surface area contributed by atoms with Crippen molar-refractivity contribution in [1.29, 1.82) is 5.26 Å². The molecule has 0 aliphatic heterocycles. The summed E-state index contributed by atoms with van der Waals surface area (Å²) >= 11 is 1.82. The summed E-state index contributed by atoms with van der Waals surface area (Å²) in [6, 6.07) is 70.2. The van der Waals surface area contributed by atoms with Gasteiger partial charge in [-0.25, -0.2) is 0 Å². The maximum Gasteiger partial charge on any atom is 0.0991 e. The first-order chi connectivity index (χ1) is 28.2. The van der Waals surface area contributed by atoms with E-state index >= 15 is 0 Å². The highest BCUT2D eigenvalue weighted by Gasteiger charge is 2.20. The Morgan fingerprint density at radius 3 is 1.89 bits per heavy atom. The normalized spacial score (nSPS) is 11.8. The van der Waals surface area contributed by atoms with E-state index in [1.165, 1.54) is 91.1 Å². The van der Waals surface area contributed by atoms with E-state index in [1.54, 1.807) is 0 Å². The van der Waals surface area contributed by atoms with Gasteiger partial charge in [0.05, 0.1) is 22.7 Å². The van der Waals surface area contributed by atoms with Crippen LogP contribution in [0.15, 0.2) is 188 Å². The summed E-state index contributed by atoms with van der Waals surface area (Å²) in [6.07, 6.45) is 0. The van der Waals surface area contributed by atoms with E-state index in [0.717, 1.165) is 17.1 Å². The Morgan fingerprint density at radius 1 is 0.439 bits per heavy atom. The molecule has 264 valence electrons. The van der Waals surface area contributed by atoms with E-state index in [2.05, 4.69) is 179 Å². The molecule has 0 saturated carbocycles. The van der Waals surface area contributed by atoms with Gasteiger partial charge in [0.15, 0.2) is 0 Å². The molecule has 0 fully saturated rings. The largest absolute Gasteiger partial charge is 0.310 e. The lowest BCUT2D eigenvalue weighted by atomic mass is 9.88. The maximum absolute atomic E-state index is 9.56. The van der Waals surface area contributed by atoms with E-state index < -0.39 is 0 Å². The minimum absolute atomic E-state index is 0.644. The van der Waals surface area contributed by atoms with Crippen LogP contribution in [0.3, 0.4) is 0 Å². The molecule has 4 heteroatoms. The molecule has 0 N–H and O–H groups in total. The van der Waals surface area contributed by atoms with E-state index in [-0.39, 0.29) is 0 Å². The van der Waals surface area contributed by atoms with E-state index in [9.17, 15) is 5.26 Å². The summed E-state index contributed by atoms with van der Waals surface area (Å²) in [5.41, 5.74) is 9.77. The lowest BCUT2D eigenvalue weighted by Crippen LogP contribution is -2.09. The zero-order valence-corrected chi connectivity index (χ0v) is 31.5. The highest BCUT2D eigenvalue weighted by atomic mass is 32.1. The number of rotatable bonds is 5. The van der Waals surface area contributed by atoms with Gasteiger partial charge in [0, 0.05) is 53.7 Å². The van der Waals surface area contributed by atoms with Crippen molar-refractivity contribution in [2.45, 2.75) is 0 Å². The van der Waals surface area contributed by atoms with E-state index in [4.69, 9.17) is 0 Å². The van der Waals surface area contributed by atoms with Crippen molar-refractivity contribution in [3.63, 3.8) is 0 Å². The van der Waals surface area contributed by atoms with Crippen LogP contribution in [0.2, 0.25) is 0 Å². The predicted molar refractivity (Wildman–Crippen MR) is 242 cm³/mol. The number of hydrogen-bond donors (Lipinski definition) is 0. The van der Waals surface area contributed by atoms with Crippen molar-refractivity contribution >= 4 is 103 Å². The molecular weight excluding hydrogens is 711 g/mol. The molecule has 2 aromatic heterocycles. The highest BCUT2D eigenvalue weighted by molar-refractivity contribution is 7.25. The minimum Gasteiger partial charge on any atom is -0.310 e. The van der Waals surface area contributed by atoms with Gasteiger partial charge in [0.25, 0.3) is 0 Å². The third kappa shape index (κ3) is 4.77. The summed E-state index contributed by atoms with van der Waals surface area (Å²) in [5, 5.41) is 22.3. The Hall–Kier alpha value is -7.45. The fourth-order valence-corrected chi connectivity index (χ4v) is 10.4. The first-order valence-electron chi connectivity index (χ1n) is 19.2. The Morgan fingerprint density at radius 2 is 1.07 bits per heavy atom. The number of anilines is 3. The van der Waals surface area contributed by atoms with Crippen LogP contribution in [-0.2, 0) is 0 Å². The number of fused-ring (bicyclic) bond motifs is 7. The first kappa shape index (κ1) is 31.9. The minimum atomic E-state index is 0.644. The molecular formula is C53H31N3S. The number of hydrogen-bond acceptors (Lipinski definition) is 3. The number of aromatic nitrogens is 1. The molecule has 12 aromatic rings. The molecule has 12 rings (SSSR count). The highest BCUT2D eigenvalue weighted by Crippen LogP contribution is 2.46. The zero-order chi connectivity index (χ0) is 37.6. The van der Waals surface area contributed by atoms with Gasteiger partial charge in [0.1, 0.15) is 0 Å². The third-order valence-electron chi connectivity index (χ3n) is 11.7. The number of benzene rings is 10. The van der Waals surface area contributed by atoms with Crippen LogP contribution in [0.5, 0.6) is 0 Å². The van der Waals surface area contributed by atoms with Crippen LogP contribution >= 0.6 is 11.3 Å². The molecule has 0 saturated heterocycles. The van der Waals surface area contributed by atoms with Crippen LogP contribution in [0.25, 0.3) is 91.1 Å². The summed E-state index contributed by atoms with van der Waals surface area (Å²) in [6.45, 7) is 0. The van der Waals surface area contributed by atoms with E-state index in [0.29, 0.717) is 5.56 Å². The fourth-order valence-electron chi connectivity index (χ4n) is 9.21. The van der Waals surface area contributed by atoms with Crippen molar-refractivity contribution in [3.8, 4) is 22.9 Å². The lowest BCUT2D eigenvalue weighted by molar-refractivity contribution is 1.18. The zero-order valence-electron chi connectivity index (χ0n) is 30.6. The molecule has 0 amide bonds. The summed E-state index contributed by atoms with van der Waals surface area (Å²) < 4.78 is 4.95. The molecule has 3 nitrogen and oxygen atoms in total. The number of nitrogens with zero attached hydrogens (tertiary/aromatic N) is 3. The average molecular weight is 742 g/mol. The van der Waals surface area contributed by atoms with Gasteiger partial charge >= 0.3 is 0 Å². The van der Waals surface area contributed by atoms with Crippen LogP contribution in [0.1, 0.15) is 5.56 Å². The summed E-state index contributed by atoms with van der Waals surface area (Å²) in [5.74, 6) is 0. The van der Waals surface area contributed by atoms with Gasteiger partial charge in [0.2, 0.25) is 0 Å². The average Bonchev–Trinajstić information content (AvgIpc) is 3.81. The van der Waals surface area contributed by atoms with Crippen molar-refractivity contribution in [2.75, 3.05) is 4.90 Å². The first-order valence-corrected chi connectivity index (χ1v) is 20.0. The second kappa shape index (κ2) is 12.3.